The van der Waals surface area contributed by atoms with Gasteiger partial charge in [0.1, 0.15) is 0 Å². The first-order chi connectivity index (χ1) is 6.10. The van der Waals surface area contributed by atoms with Gasteiger partial charge in [-0.25, -0.2) is 0 Å². The van der Waals surface area contributed by atoms with Gasteiger partial charge in [-0.1, -0.05) is 19.4 Å². The zero-order valence-electron chi connectivity index (χ0n) is 9.13. The van der Waals surface area contributed by atoms with Crippen molar-refractivity contribution < 1.29 is 13.2 Å². The molecule has 1 rings (SSSR count). The summed E-state index contributed by atoms with van der Waals surface area (Å²) in [7, 11) is 0. The Labute approximate surface area is 82.5 Å². The molecule has 0 bridgehead atoms. The second kappa shape index (κ2) is 2.88. The molecule has 0 unspecified atom stereocenters. The van der Waals surface area contributed by atoms with Crippen molar-refractivity contribution in [3.8, 4) is 0 Å². The van der Waals surface area contributed by atoms with Crippen LogP contribution in [-0.2, 0) is 0 Å². The molecule has 0 atom stereocenters. The summed E-state index contributed by atoms with van der Waals surface area (Å²) in [6.07, 6.45) is -4.22. The summed E-state index contributed by atoms with van der Waals surface area (Å²) in [5.74, 6) is 0. The van der Waals surface area contributed by atoms with E-state index in [1.54, 1.807) is 34.6 Å². The van der Waals surface area contributed by atoms with E-state index in [1.165, 1.54) is 0 Å². The smallest absolute Gasteiger partial charge is 0.166 e. The Balaban J connectivity index is 3.37. The summed E-state index contributed by atoms with van der Waals surface area (Å²) in [6, 6.07) is 0. The Morgan fingerprint density at radius 2 is 1.36 bits per heavy atom. The van der Waals surface area contributed by atoms with Crippen LogP contribution in [0.4, 0.5) is 13.2 Å². The molecule has 0 fully saturated rings. The van der Waals surface area contributed by atoms with Crippen molar-refractivity contribution >= 4 is 0 Å². The third-order valence-corrected chi connectivity index (χ3v) is 3.35. The fourth-order valence-electron chi connectivity index (χ4n) is 2.16. The Bertz CT molecular complexity index is 327. The van der Waals surface area contributed by atoms with E-state index in [2.05, 4.69) is 0 Å². The topological polar surface area (TPSA) is 0 Å². The van der Waals surface area contributed by atoms with Crippen LogP contribution in [0.15, 0.2) is 22.3 Å². The molecule has 0 saturated carbocycles. The Hall–Kier alpha value is -0.730. The van der Waals surface area contributed by atoms with Crippen molar-refractivity contribution in [1.82, 2.24) is 0 Å². The molecule has 0 aliphatic heterocycles. The predicted octanol–water partition coefficient (Wildman–Crippen LogP) is 4.24. The summed E-state index contributed by atoms with van der Waals surface area (Å²) in [6.45, 7) is 8.34. The highest BCUT2D eigenvalue weighted by atomic mass is 19.4. The minimum Gasteiger partial charge on any atom is -0.166 e. The molecule has 1 aliphatic carbocycles. The number of hydrogen-bond donors (Lipinski definition) is 0. The molecule has 0 aromatic heterocycles. The average molecular weight is 204 g/mol. The fourth-order valence-corrected chi connectivity index (χ4v) is 2.16. The molecule has 0 aromatic carbocycles. The SMILES string of the molecule is CC1=C(C)C(C)(C)C(C(F)(F)F)=C1C. The largest absolute Gasteiger partial charge is 0.413 e. The maximum absolute atomic E-state index is 12.8. The molecule has 14 heavy (non-hydrogen) atoms. The molecule has 0 spiro atoms. The van der Waals surface area contributed by atoms with Crippen LogP contribution in [-0.4, -0.2) is 6.18 Å². The van der Waals surface area contributed by atoms with E-state index >= 15 is 0 Å². The fraction of sp³-hybridized carbons (Fsp3) is 0.636. The zero-order valence-corrected chi connectivity index (χ0v) is 9.13. The van der Waals surface area contributed by atoms with Gasteiger partial charge in [0.05, 0.1) is 0 Å². The van der Waals surface area contributed by atoms with Crippen LogP contribution < -0.4 is 0 Å². The lowest BCUT2D eigenvalue weighted by Gasteiger charge is -2.27. The van der Waals surface area contributed by atoms with E-state index in [0.717, 1.165) is 11.1 Å². The van der Waals surface area contributed by atoms with Gasteiger partial charge in [0, 0.05) is 11.0 Å². The number of rotatable bonds is 0. The number of allylic oxidation sites excluding steroid dienone is 4. The molecule has 0 N–H and O–H groups in total. The Morgan fingerprint density at radius 3 is 1.50 bits per heavy atom. The third kappa shape index (κ3) is 1.39. The van der Waals surface area contributed by atoms with Crippen molar-refractivity contribution in [1.29, 1.82) is 0 Å². The van der Waals surface area contributed by atoms with Crippen molar-refractivity contribution in [3.05, 3.63) is 22.3 Å². The lowest BCUT2D eigenvalue weighted by Crippen LogP contribution is -2.25. The standard InChI is InChI=1S/C11H15F3/c1-6-7(2)9(11(12,13)14)10(4,5)8(6)3/h1-5H3. The molecular weight excluding hydrogens is 189 g/mol. The van der Waals surface area contributed by atoms with Gasteiger partial charge in [0.15, 0.2) is 0 Å². The van der Waals surface area contributed by atoms with Crippen LogP contribution in [0, 0.1) is 5.41 Å². The minimum atomic E-state index is -4.22. The molecule has 0 nitrogen and oxygen atoms in total. The number of hydrogen-bond acceptors (Lipinski definition) is 0. The predicted molar refractivity (Wildman–Crippen MR) is 50.9 cm³/mol. The monoisotopic (exact) mass is 204 g/mol. The van der Waals surface area contributed by atoms with Gasteiger partial charge < -0.3 is 0 Å². The van der Waals surface area contributed by atoms with Gasteiger partial charge >= 0.3 is 6.18 Å². The highest BCUT2D eigenvalue weighted by Crippen LogP contribution is 2.52. The summed E-state index contributed by atoms with van der Waals surface area (Å²) in [4.78, 5) is 0. The minimum absolute atomic E-state index is 0.389. The summed E-state index contributed by atoms with van der Waals surface area (Å²) < 4.78 is 38.3. The van der Waals surface area contributed by atoms with Crippen molar-refractivity contribution in [2.75, 3.05) is 0 Å². The van der Waals surface area contributed by atoms with E-state index in [9.17, 15) is 13.2 Å². The van der Waals surface area contributed by atoms with Gasteiger partial charge in [-0.05, 0) is 31.9 Å². The Kier molecular flexibility index (Phi) is 2.33. The molecule has 0 aromatic rings. The van der Waals surface area contributed by atoms with E-state index in [1.807, 2.05) is 0 Å². The maximum atomic E-state index is 12.8. The molecule has 1 aliphatic rings. The number of halogens is 3. The van der Waals surface area contributed by atoms with Crippen LogP contribution in [0.25, 0.3) is 0 Å². The first-order valence-electron chi connectivity index (χ1n) is 4.57. The van der Waals surface area contributed by atoms with Gasteiger partial charge in [0.2, 0.25) is 0 Å². The van der Waals surface area contributed by atoms with Crippen molar-refractivity contribution in [2.45, 2.75) is 40.8 Å². The first-order valence-corrected chi connectivity index (χ1v) is 4.57. The van der Waals surface area contributed by atoms with Crippen LogP contribution in [0.2, 0.25) is 0 Å². The van der Waals surface area contributed by atoms with Gasteiger partial charge in [0.25, 0.3) is 0 Å². The lowest BCUT2D eigenvalue weighted by molar-refractivity contribution is -0.102. The van der Waals surface area contributed by atoms with E-state index in [0.29, 0.717) is 5.57 Å². The molecule has 0 heterocycles. The van der Waals surface area contributed by atoms with Crippen LogP contribution in [0.3, 0.4) is 0 Å². The quantitative estimate of drug-likeness (QED) is 0.553. The second-order valence-corrected chi connectivity index (χ2v) is 4.37. The summed E-state index contributed by atoms with van der Waals surface area (Å²) in [5, 5.41) is 0. The van der Waals surface area contributed by atoms with E-state index in [4.69, 9.17) is 0 Å². The Morgan fingerprint density at radius 1 is 0.929 bits per heavy atom. The zero-order chi connectivity index (χ0) is 11.3. The maximum Gasteiger partial charge on any atom is 0.413 e. The molecular formula is C11H15F3. The van der Waals surface area contributed by atoms with Crippen LogP contribution >= 0.6 is 0 Å². The van der Waals surface area contributed by atoms with E-state index in [-0.39, 0.29) is 5.57 Å². The molecule has 3 heteroatoms. The van der Waals surface area contributed by atoms with Crippen molar-refractivity contribution in [3.63, 3.8) is 0 Å². The summed E-state index contributed by atoms with van der Waals surface area (Å²) in [5.41, 5.74) is 0.733. The molecule has 80 valence electrons. The van der Waals surface area contributed by atoms with Crippen molar-refractivity contribution in [2.24, 2.45) is 5.41 Å². The number of alkyl halides is 3. The van der Waals surface area contributed by atoms with E-state index < -0.39 is 11.6 Å². The second-order valence-electron chi connectivity index (χ2n) is 4.37. The van der Waals surface area contributed by atoms with Gasteiger partial charge in [-0.2, -0.15) is 13.2 Å². The molecule has 0 amide bonds. The third-order valence-electron chi connectivity index (χ3n) is 3.35. The molecule has 0 radical (unpaired) electrons. The molecule has 0 saturated heterocycles. The average Bonchev–Trinajstić information content (AvgIpc) is 2.10. The van der Waals surface area contributed by atoms with Crippen LogP contribution in [0.5, 0.6) is 0 Å². The lowest BCUT2D eigenvalue weighted by atomic mass is 9.80. The van der Waals surface area contributed by atoms with Gasteiger partial charge in [-0.15, -0.1) is 0 Å². The van der Waals surface area contributed by atoms with Crippen LogP contribution in [0.1, 0.15) is 34.6 Å². The highest BCUT2D eigenvalue weighted by Gasteiger charge is 2.48. The normalized spacial score (nSPS) is 22.3. The highest BCUT2D eigenvalue weighted by molar-refractivity contribution is 5.51. The first kappa shape index (κ1) is 11.3. The summed E-state index contributed by atoms with van der Waals surface area (Å²) >= 11 is 0. The van der Waals surface area contributed by atoms with Gasteiger partial charge in [-0.3, -0.25) is 0 Å².